The summed E-state index contributed by atoms with van der Waals surface area (Å²) >= 11 is 18.8. The lowest BCUT2D eigenvalue weighted by atomic mass is 9.95. The first-order valence-corrected chi connectivity index (χ1v) is 16.4. The summed E-state index contributed by atoms with van der Waals surface area (Å²) in [5.41, 5.74) is 1.67. The Labute approximate surface area is 262 Å². The Bertz CT molecular complexity index is 1510. The summed E-state index contributed by atoms with van der Waals surface area (Å²) in [5.74, 6) is -0.874. The van der Waals surface area contributed by atoms with Gasteiger partial charge in [-0.15, -0.1) is 0 Å². The second kappa shape index (κ2) is 14.1. The van der Waals surface area contributed by atoms with E-state index in [1.54, 1.807) is 49.4 Å². The minimum Gasteiger partial charge on any atom is -0.352 e. The van der Waals surface area contributed by atoms with Gasteiger partial charge >= 0.3 is 0 Å². The van der Waals surface area contributed by atoms with Gasteiger partial charge in [0, 0.05) is 17.6 Å². The molecular formula is C31H34Cl3N3O4S. The third-order valence-corrected chi connectivity index (χ3v) is 10.3. The molecule has 2 amide bonds. The van der Waals surface area contributed by atoms with Crippen molar-refractivity contribution in [3.05, 3.63) is 92.9 Å². The van der Waals surface area contributed by atoms with Crippen molar-refractivity contribution >= 4 is 62.3 Å². The van der Waals surface area contributed by atoms with Gasteiger partial charge in [-0.25, -0.2) is 8.42 Å². The Kier molecular flexibility index (Phi) is 10.8. The van der Waals surface area contributed by atoms with Crippen LogP contribution >= 0.6 is 34.8 Å². The molecule has 0 aliphatic heterocycles. The molecule has 1 unspecified atom stereocenters. The summed E-state index contributed by atoms with van der Waals surface area (Å²) in [6.07, 6.45) is 5.00. The number of anilines is 1. The third kappa shape index (κ3) is 7.78. The van der Waals surface area contributed by atoms with E-state index in [0.29, 0.717) is 5.02 Å². The first kappa shape index (κ1) is 32.1. The van der Waals surface area contributed by atoms with Gasteiger partial charge in [-0.2, -0.15) is 0 Å². The summed E-state index contributed by atoms with van der Waals surface area (Å²) in [6.45, 7) is 2.96. The standard InChI is InChI=1S/C31H34Cl3N3O4S/c1-21-11-17-26(18-12-21)42(40,41)37(28-10-6-9-27(33)30(28)34)20-29(38)36(19-23-13-15-24(32)16-14-23)22(2)31(39)35-25-7-4-3-5-8-25/h6,9-18,22,25H,3-5,7-8,19-20H2,1-2H3,(H,35,39). The summed E-state index contributed by atoms with van der Waals surface area (Å²) in [4.78, 5) is 28.9. The fourth-order valence-electron chi connectivity index (χ4n) is 4.97. The SMILES string of the molecule is Cc1ccc(S(=O)(=O)N(CC(=O)N(Cc2ccc(Cl)cc2)C(C)C(=O)NC2CCCCC2)c2cccc(Cl)c2Cl)cc1. The predicted molar refractivity (Wildman–Crippen MR) is 169 cm³/mol. The monoisotopic (exact) mass is 649 g/mol. The Morgan fingerprint density at radius 3 is 2.21 bits per heavy atom. The first-order chi connectivity index (χ1) is 20.0. The summed E-state index contributed by atoms with van der Waals surface area (Å²) < 4.78 is 28.9. The molecule has 11 heteroatoms. The largest absolute Gasteiger partial charge is 0.352 e. The van der Waals surface area contributed by atoms with Crippen molar-refractivity contribution < 1.29 is 18.0 Å². The number of nitrogens with one attached hydrogen (secondary N) is 1. The van der Waals surface area contributed by atoms with E-state index in [1.165, 1.54) is 29.2 Å². The smallest absolute Gasteiger partial charge is 0.264 e. The lowest BCUT2D eigenvalue weighted by Crippen LogP contribution is -2.53. The zero-order valence-corrected chi connectivity index (χ0v) is 26.6. The van der Waals surface area contributed by atoms with Crippen LogP contribution in [-0.4, -0.2) is 43.8 Å². The van der Waals surface area contributed by atoms with E-state index in [-0.39, 0.29) is 39.1 Å². The minimum absolute atomic E-state index is 0.00463. The second-order valence-corrected chi connectivity index (χ2v) is 13.6. The molecule has 4 rings (SSSR count). The highest BCUT2D eigenvalue weighted by atomic mass is 35.5. The van der Waals surface area contributed by atoms with Crippen LogP contribution in [0.15, 0.2) is 71.6 Å². The number of sulfonamides is 1. The van der Waals surface area contributed by atoms with Crippen LogP contribution in [0.4, 0.5) is 5.69 Å². The zero-order chi connectivity index (χ0) is 30.4. The molecule has 0 radical (unpaired) electrons. The summed E-state index contributed by atoms with van der Waals surface area (Å²) in [6, 6.07) is 17.0. The lowest BCUT2D eigenvalue weighted by Gasteiger charge is -2.33. The predicted octanol–water partition coefficient (Wildman–Crippen LogP) is 7.02. The number of benzene rings is 3. The van der Waals surface area contributed by atoms with E-state index in [0.717, 1.165) is 47.5 Å². The Morgan fingerprint density at radius 1 is 0.929 bits per heavy atom. The number of rotatable bonds is 10. The van der Waals surface area contributed by atoms with E-state index in [4.69, 9.17) is 34.8 Å². The number of halogens is 3. The number of hydrogen-bond donors (Lipinski definition) is 1. The van der Waals surface area contributed by atoms with Crippen LogP contribution in [0.5, 0.6) is 0 Å². The molecule has 0 saturated heterocycles. The molecule has 224 valence electrons. The number of carbonyl (C=O) groups is 2. The molecule has 0 aromatic heterocycles. The number of hydrogen-bond acceptors (Lipinski definition) is 4. The highest BCUT2D eigenvalue weighted by Gasteiger charge is 2.34. The zero-order valence-electron chi connectivity index (χ0n) is 23.5. The van der Waals surface area contributed by atoms with Crippen LogP contribution in [0.25, 0.3) is 0 Å². The molecule has 0 spiro atoms. The van der Waals surface area contributed by atoms with Crippen LogP contribution in [0.1, 0.15) is 50.2 Å². The van der Waals surface area contributed by atoms with Gasteiger partial charge in [0.25, 0.3) is 10.0 Å². The molecule has 1 aliphatic rings. The molecule has 1 aliphatic carbocycles. The summed E-state index contributed by atoms with van der Waals surface area (Å²) in [5, 5.41) is 3.76. The van der Waals surface area contributed by atoms with Gasteiger partial charge in [-0.05, 0) is 68.7 Å². The van der Waals surface area contributed by atoms with Crippen LogP contribution in [0, 0.1) is 6.92 Å². The van der Waals surface area contributed by atoms with Crippen molar-refractivity contribution in [2.45, 2.75) is 69.5 Å². The van der Waals surface area contributed by atoms with Gasteiger partial charge in [-0.3, -0.25) is 13.9 Å². The highest BCUT2D eigenvalue weighted by Crippen LogP contribution is 2.35. The van der Waals surface area contributed by atoms with Gasteiger partial charge in [0.05, 0.1) is 20.6 Å². The van der Waals surface area contributed by atoms with E-state index in [2.05, 4.69) is 5.32 Å². The van der Waals surface area contributed by atoms with Gasteiger partial charge in [0.2, 0.25) is 11.8 Å². The van der Waals surface area contributed by atoms with E-state index in [1.807, 2.05) is 6.92 Å². The van der Waals surface area contributed by atoms with Gasteiger partial charge in [0.1, 0.15) is 12.6 Å². The molecule has 1 N–H and O–H groups in total. The van der Waals surface area contributed by atoms with Crippen molar-refractivity contribution in [1.29, 1.82) is 0 Å². The molecule has 3 aromatic carbocycles. The van der Waals surface area contributed by atoms with Crippen molar-refractivity contribution in [2.75, 3.05) is 10.8 Å². The third-order valence-electron chi connectivity index (χ3n) is 7.47. The maximum Gasteiger partial charge on any atom is 0.264 e. The topological polar surface area (TPSA) is 86.8 Å². The fourth-order valence-corrected chi connectivity index (χ4v) is 6.97. The van der Waals surface area contributed by atoms with Crippen molar-refractivity contribution in [2.24, 2.45) is 0 Å². The van der Waals surface area contributed by atoms with Crippen molar-refractivity contribution in [3.8, 4) is 0 Å². The molecule has 1 saturated carbocycles. The highest BCUT2D eigenvalue weighted by molar-refractivity contribution is 7.92. The molecule has 1 fully saturated rings. The average Bonchev–Trinajstić information content (AvgIpc) is 2.97. The molecule has 0 heterocycles. The van der Waals surface area contributed by atoms with Crippen LogP contribution in [0.3, 0.4) is 0 Å². The van der Waals surface area contributed by atoms with Gasteiger partial charge in [-0.1, -0.05) is 90.0 Å². The Balaban J connectivity index is 1.70. The average molecular weight is 651 g/mol. The number of amides is 2. The first-order valence-electron chi connectivity index (χ1n) is 13.8. The molecule has 7 nitrogen and oxygen atoms in total. The molecular weight excluding hydrogens is 617 g/mol. The van der Waals surface area contributed by atoms with Crippen LogP contribution < -0.4 is 9.62 Å². The van der Waals surface area contributed by atoms with Crippen LogP contribution in [-0.2, 0) is 26.2 Å². The number of carbonyl (C=O) groups excluding carboxylic acids is 2. The number of aryl methyl sites for hydroxylation is 1. The summed E-state index contributed by atoms with van der Waals surface area (Å²) in [7, 11) is -4.26. The molecule has 0 bridgehead atoms. The van der Waals surface area contributed by atoms with E-state index < -0.39 is 28.5 Å². The normalized spacial score (nSPS) is 14.7. The molecule has 42 heavy (non-hydrogen) atoms. The quantitative estimate of drug-likeness (QED) is 0.256. The van der Waals surface area contributed by atoms with Crippen LogP contribution in [0.2, 0.25) is 15.1 Å². The fraction of sp³-hybridized carbons (Fsp3) is 0.355. The van der Waals surface area contributed by atoms with E-state index >= 15 is 0 Å². The Hall–Kier alpha value is -2.78. The Morgan fingerprint density at radius 2 is 1.57 bits per heavy atom. The van der Waals surface area contributed by atoms with E-state index in [9.17, 15) is 18.0 Å². The maximum atomic E-state index is 14.1. The molecule has 3 aromatic rings. The van der Waals surface area contributed by atoms with Crippen molar-refractivity contribution in [3.63, 3.8) is 0 Å². The molecule has 1 atom stereocenters. The second-order valence-electron chi connectivity index (χ2n) is 10.6. The van der Waals surface area contributed by atoms with Gasteiger partial charge < -0.3 is 10.2 Å². The minimum atomic E-state index is -4.26. The number of nitrogens with zero attached hydrogens (tertiary/aromatic N) is 2. The maximum absolute atomic E-state index is 14.1. The van der Waals surface area contributed by atoms with Crippen molar-refractivity contribution in [1.82, 2.24) is 10.2 Å². The van der Waals surface area contributed by atoms with Gasteiger partial charge in [0.15, 0.2) is 0 Å². The lowest BCUT2D eigenvalue weighted by molar-refractivity contribution is -0.139.